The zero-order valence-corrected chi connectivity index (χ0v) is 8.95. The lowest BCUT2D eigenvalue weighted by molar-refractivity contribution is 0.149. The lowest BCUT2D eigenvalue weighted by Gasteiger charge is -2.00. The van der Waals surface area contributed by atoms with Gasteiger partial charge in [-0.25, -0.2) is 0 Å². The Hall–Kier alpha value is -0.350. The van der Waals surface area contributed by atoms with Crippen molar-refractivity contribution in [2.75, 3.05) is 6.61 Å². The molecule has 2 heteroatoms. The molecule has 0 aliphatic carbocycles. The van der Waals surface area contributed by atoms with Crippen LogP contribution < -0.4 is 0 Å². The maximum atomic E-state index is 5.29. The number of halogens is 1. The van der Waals surface area contributed by atoms with Crippen LogP contribution in [-0.4, -0.2) is 6.61 Å². The minimum absolute atomic E-state index is 0.617. The van der Waals surface area contributed by atoms with Crippen molar-refractivity contribution in [2.45, 2.75) is 6.61 Å². The van der Waals surface area contributed by atoms with E-state index >= 15 is 0 Å². The van der Waals surface area contributed by atoms with Gasteiger partial charge in [0.05, 0.1) is 13.2 Å². The first-order valence-electron chi connectivity index (χ1n) is 3.76. The molecule has 0 saturated carbocycles. The van der Waals surface area contributed by atoms with Crippen molar-refractivity contribution >= 4 is 22.6 Å². The Morgan fingerprint density at radius 2 is 2.00 bits per heavy atom. The van der Waals surface area contributed by atoms with Crippen LogP contribution in [0.3, 0.4) is 0 Å². The molecule has 1 rings (SSSR count). The molecule has 12 heavy (non-hydrogen) atoms. The van der Waals surface area contributed by atoms with Gasteiger partial charge in [0.15, 0.2) is 0 Å². The number of hydrogen-bond donors (Lipinski definition) is 0. The van der Waals surface area contributed by atoms with E-state index in [1.807, 2.05) is 0 Å². The number of benzene rings is 1. The molecule has 0 N–H and O–H groups in total. The second-order valence-electron chi connectivity index (χ2n) is 2.43. The van der Waals surface area contributed by atoms with Gasteiger partial charge in [-0.2, -0.15) is 0 Å². The monoisotopic (exact) mass is 274 g/mol. The van der Waals surface area contributed by atoms with Crippen molar-refractivity contribution in [2.24, 2.45) is 0 Å². The molecule has 0 bridgehead atoms. The van der Waals surface area contributed by atoms with Gasteiger partial charge < -0.3 is 4.74 Å². The van der Waals surface area contributed by atoms with Gasteiger partial charge in [-0.1, -0.05) is 18.2 Å². The van der Waals surface area contributed by atoms with Gasteiger partial charge in [0.1, 0.15) is 0 Å². The molecule has 0 aliphatic heterocycles. The molecule has 0 radical (unpaired) electrons. The Bertz CT molecular complexity index is 241. The second kappa shape index (κ2) is 5.32. The Balaban J connectivity index is 2.42. The van der Waals surface area contributed by atoms with E-state index in [1.165, 1.54) is 9.13 Å². The van der Waals surface area contributed by atoms with E-state index in [4.69, 9.17) is 4.74 Å². The van der Waals surface area contributed by atoms with Crippen molar-refractivity contribution in [3.05, 3.63) is 46.1 Å². The topological polar surface area (TPSA) is 9.23 Å². The molecule has 1 aromatic rings. The van der Waals surface area contributed by atoms with Crippen LogP contribution in [0, 0.1) is 3.57 Å². The summed E-state index contributed by atoms with van der Waals surface area (Å²) in [5, 5.41) is 0. The minimum Gasteiger partial charge on any atom is -0.373 e. The molecule has 0 aliphatic rings. The van der Waals surface area contributed by atoms with Crippen LogP contribution >= 0.6 is 22.6 Å². The molecule has 0 saturated heterocycles. The average molecular weight is 274 g/mol. The van der Waals surface area contributed by atoms with E-state index in [-0.39, 0.29) is 0 Å². The van der Waals surface area contributed by atoms with Crippen molar-refractivity contribution in [3.8, 4) is 0 Å². The Labute approximate surface area is 86.6 Å². The standard InChI is InChI=1S/C10H11IO/c1-2-7-12-8-9-3-5-10(11)6-4-9/h2-6H,1,7-8H2. The summed E-state index contributed by atoms with van der Waals surface area (Å²) < 4.78 is 6.54. The maximum Gasteiger partial charge on any atom is 0.0721 e. The van der Waals surface area contributed by atoms with E-state index in [9.17, 15) is 0 Å². The fourth-order valence-corrected chi connectivity index (χ4v) is 1.20. The fourth-order valence-electron chi connectivity index (χ4n) is 0.841. The summed E-state index contributed by atoms with van der Waals surface area (Å²) in [5.41, 5.74) is 1.21. The Morgan fingerprint density at radius 1 is 1.33 bits per heavy atom. The smallest absolute Gasteiger partial charge is 0.0721 e. The highest BCUT2D eigenvalue weighted by molar-refractivity contribution is 14.1. The molecule has 0 heterocycles. The Morgan fingerprint density at radius 3 is 2.58 bits per heavy atom. The third-order valence-corrected chi connectivity index (χ3v) is 2.14. The Kier molecular flexibility index (Phi) is 4.32. The lowest BCUT2D eigenvalue weighted by atomic mass is 10.2. The van der Waals surface area contributed by atoms with E-state index in [0.29, 0.717) is 13.2 Å². The second-order valence-corrected chi connectivity index (χ2v) is 3.68. The summed E-state index contributed by atoms with van der Waals surface area (Å²) in [6.07, 6.45) is 1.76. The first kappa shape index (κ1) is 9.74. The minimum atomic E-state index is 0.617. The highest BCUT2D eigenvalue weighted by atomic mass is 127. The predicted molar refractivity (Wildman–Crippen MR) is 59.0 cm³/mol. The van der Waals surface area contributed by atoms with Gasteiger partial charge >= 0.3 is 0 Å². The van der Waals surface area contributed by atoms with Gasteiger partial charge in [0, 0.05) is 3.57 Å². The van der Waals surface area contributed by atoms with Crippen molar-refractivity contribution in [1.29, 1.82) is 0 Å². The van der Waals surface area contributed by atoms with Gasteiger partial charge in [0.2, 0.25) is 0 Å². The molecule has 64 valence electrons. The zero-order valence-electron chi connectivity index (χ0n) is 6.79. The molecule has 0 unspecified atom stereocenters. The average Bonchev–Trinajstić information content (AvgIpc) is 2.09. The van der Waals surface area contributed by atoms with E-state index < -0.39 is 0 Å². The van der Waals surface area contributed by atoms with E-state index in [1.54, 1.807) is 6.08 Å². The lowest BCUT2D eigenvalue weighted by Crippen LogP contribution is -1.91. The third kappa shape index (κ3) is 3.36. The third-order valence-electron chi connectivity index (χ3n) is 1.42. The van der Waals surface area contributed by atoms with Crippen molar-refractivity contribution in [3.63, 3.8) is 0 Å². The largest absolute Gasteiger partial charge is 0.373 e. The normalized spacial score (nSPS) is 9.75. The van der Waals surface area contributed by atoms with E-state index in [2.05, 4.69) is 53.4 Å². The van der Waals surface area contributed by atoms with Crippen LogP contribution in [0.25, 0.3) is 0 Å². The van der Waals surface area contributed by atoms with Crippen molar-refractivity contribution < 1.29 is 4.74 Å². The zero-order chi connectivity index (χ0) is 8.81. The first-order valence-corrected chi connectivity index (χ1v) is 4.84. The van der Waals surface area contributed by atoms with Crippen LogP contribution in [0.4, 0.5) is 0 Å². The van der Waals surface area contributed by atoms with Gasteiger partial charge in [-0.05, 0) is 40.3 Å². The van der Waals surface area contributed by atoms with Crippen molar-refractivity contribution in [1.82, 2.24) is 0 Å². The molecule has 1 aromatic carbocycles. The van der Waals surface area contributed by atoms with Crippen LogP contribution in [0.1, 0.15) is 5.56 Å². The molecule has 0 fully saturated rings. The molecule has 0 amide bonds. The molecule has 0 aromatic heterocycles. The number of rotatable bonds is 4. The summed E-state index contributed by atoms with van der Waals surface area (Å²) in [7, 11) is 0. The molecule has 1 nitrogen and oxygen atoms in total. The first-order chi connectivity index (χ1) is 5.83. The molecular weight excluding hydrogens is 263 g/mol. The molecule has 0 spiro atoms. The van der Waals surface area contributed by atoms with Crippen LogP contribution in [0.15, 0.2) is 36.9 Å². The molecular formula is C10H11IO. The number of ether oxygens (including phenoxy) is 1. The van der Waals surface area contributed by atoms with E-state index in [0.717, 1.165) is 0 Å². The van der Waals surface area contributed by atoms with Gasteiger partial charge in [-0.3, -0.25) is 0 Å². The maximum absolute atomic E-state index is 5.29. The quantitative estimate of drug-likeness (QED) is 0.466. The highest BCUT2D eigenvalue weighted by Gasteiger charge is 1.91. The van der Waals surface area contributed by atoms with Crippen LogP contribution in [0.2, 0.25) is 0 Å². The van der Waals surface area contributed by atoms with Gasteiger partial charge in [-0.15, -0.1) is 6.58 Å². The van der Waals surface area contributed by atoms with Crippen LogP contribution in [-0.2, 0) is 11.3 Å². The summed E-state index contributed by atoms with van der Waals surface area (Å²) in [6.45, 7) is 4.87. The predicted octanol–water partition coefficient (Wildman–Crippen LogP) is 2.99. The summed E-state index contributed by atoms with van der Waals surface area (Å²) in [5.74, 6) is 0. The summed E-state index contributed by atoms with van der Waals surface area (Å²) >= 11 is 2.28. The van der Waals surface area contributed by atoms with Crippen LogP contribution in [0.5, 0.6) is 0 Å². The molecule has 0 atom stereocenters. The van der Waals surface area contributed by atoms with Gasteiger partial charge in [0.25, 0.3) is 0 Å². The number of hydrogen-bond acceptors (Lipinski definition) is 1. The summed E-state index contributed by atoms with van der Waals surface area (Å²) in [6, 6.07) is 8.30. The fraction of sp³-hybridized carbons (Fsp3) is 0.200. The summed E-state index contributed by atoms with van der Waals surface area (Å²) in [4.78, 5) is 0. The highest BCUT2D eigenvalue weighted by Crippen LogP contribution is 2.07. The SMILES string of the molecule is C=CCOCc1ccc(I)cc1.